The zero-order valence-electron chi connectivity index (χ0n) is 16.8. The predicted molar refractivity (Wildman–Crippen MR) is 123 cm³/mol. The minimum absolute atomic E-state index is 0.0256. The summed E-state index contributed by atoms with van der Waals surface area (Å²) in [7, 11) is -0.943. The van der Waals surface area contributed by atoms with Crippen LogP contribution in [0.15, 0.2) is 85.1 Å². The Hall–Kier alpha value is -3.18. The van der Waals surface area contributed by atoms with Crippen molar-refractivity contribution in [1.29, 1.82) is 0 Å². The van der Waals surface area contributed by atoms with Crippen molar-refractivity contribution in [3.8, 4) is 0 Å². The van der Waals surface area contributed by atoms with Crippen molar-refractivity contribution >= 4 is 27.6 Å². The Balaban J connectivity index is 1.59. The van der Waals surface area contributed by atoms with E-state index < -0.39 is 10.8 Å². The number of fused-ring (bicyclic) bond motifs is 1. The second-order valence-corrected chi connectivity index (χ2v) is 8.82. The lowest BCUT2D eigenvalue weighted by Gasteiger charge is -2.18. The van der Waals surface area contributed by atoms with Crippen LogP contribution in [0.3, 0.4) is 0 Å². The van der Waals surface area contributed by atoms with Crippen LogP contribution in [-0.2, 0) is 16.6 Å². The van der Waals surface area contributed by atoms with Gasteiger partial charge in [-0.05, 0) is 34.9 Å². The first-order chi connectivity index (χ1) is 14.6. The summed E-state index contributed by atoms with van der Waals surface area (Å²) in [5, 5.41) is 4.26. The molecular formula is C25H24N2O2S. The highest BCUT2D eigenvalue weighted by atomic mass is 32.2. The van der Waals surface area contributed by atoms with Crippen LogP contribution in [0, 0.1) is 0 Å². The van der Waals surface area contributed by atoms with Gasteiger partial charge in [-0.2, -0.15) is 0 Å². The summed E-state index contributed by atoms with van der Waals surface area (Å²) in [6, 6.07) is 25.8. The third-order valence-corrected chi connectivity index (χ3v) is 5.96. The average Bonchev–Trinajstić information content (AvgIpc) is 3.18. The van der Waals surface area contributed by atoms with Crippen molar-refractivity contribution < 1.29 is 9.00 Å². The van der Waals surface area contributed by atoms with Gasteiger partial charge in [-0.3, -0.25) is 9.00 Å². The van der Waals surface area contributed by atoms with Gasteiger partial charge in [0.1, 0.15) is 0 Å². The fourth-order valence-electron chi connectivity index (χ4n) is 3.81. The monoisotopic (exact) mass is 416 g/mol. The number of aromatic nitrogens is 1. The number of carbonyl (C=O) groups is 1. The molecule has 0 bridgehead atoms. The summed E-state index contributed by atoms with van der Waals surface area (Å²) in [5.41, 5.74) is 4.88. The first-order valence-corrected chi connectivity index (χ1v) is 11.6. The van der Waals surface area contributed by atoms with Crippen LogP contribution in [0.25, 0.3) is 10.9 Å². The molecule has 152 valence electrons. The minimum Gasteiger partial charge on any atom is -0.361 e. The Labute approximate surface area is 178 Å². The number of para-hydroxylation sites is 1. The van der Waals surface area contributed by atoms with Gasteiger partial charge in [0.15, 0.2) is 0 Å². The van der Waals surface area contributed by atoms with Crippen LogP contribution in [0.1, 0.15) is 33.0 Å². The van der Waals surface area contributed by atoms with Crippen LogP contribution >= 0.6 is 0 Å². The van der Waals surface area contributed by atoms with Crippen LogP contribution in [-0.4, -0.2) is 27.9 Å². The van der Waals surface area contributed by atoms with Gasteiger partial charge >= 0.3 is 0 Å². The molecule has 0 spiro atoms. The van der Waals surface area contributed by atoms with Crippen LogP contribution in [0.4, 0.5) is 0 Å². The van der Waals surface area contributed by atoms with E-state index in [2.05, 4.69) is 34.6 Å². The molecule has 2 unspecified atom stereocenters. The highest BCUT2D eigenvalue weighted by Crippen LogP contribution is 2.30. The molecule has 30 heavy (non-hydrogen) atoms. The lowest BCUT2D eigenvalue weighted by Crippen LogP contribution is -2.29. The maximum Gasteiger partial charge on any atom is 0.251 e. The molecule has 1 amide bonds. The lowest BCUT2D eigenvalue weighted by atomic mass is 9.91. The van der Waals surface area contributed by atoms with Crippen molar-refractivity contribution in [3.05, 3.63) is 107 Å². The van der Waals surface area contributed by atoms with E-state index in [1.165, 1.54) is 0 Å². The molecule has 0 fully saturated rings. The van der Waals surface area contributed by atoms with Gasteiger partial charge in [-0.1, -0.05) is 60.7 Å². The molecule has 0 aliphatic heterocycles. The first-order valence-electron chi connectivity index (χ1n) is 9.90. The lowest BCUT2D eigenvalue weighted by molar-refractivity contribution is 0.0952. The Morgan fingerprint density at radius 2 is 1.77 bits per heavy atom. The first kappa shape index (κ1) is 20.1. The van der Waals surface area contributed by atoms with E-state index in [9.17, 15) is 9.00 Å². The van der Waals surface area contributed by atoms with Gasteiger partial charge in [0, 0.05) is 57.9 Å². The highest BCUT2D eigenvalue weighted by molar-refractivity contribution is 7.83. The largest absolute Gasteiger partial charge is 0.361 e. The second-order valence-electron chi connectivity index (χ2n) is 7.38. The molecular weight excluding hydrogens is 392 g/mol. The van der Waals surface area contributed by atoms with E-state index in [0.717, 1.165) is 27.6 Å². The van der Waals surface area contributed by atoms with Gasteiger partial charge in [0.2, 0.25) is 0 Å². The third kappa shape index (κ3) is 4.52. The molecule has 0 saturated heterocycles. The van der Waals surface area contributed by atoms with Crippen molar-refractivity contribution in [2.24, 2.45) is 0 Å². The Morgan fingerprint density at radius 1 is 1.00 bits per heavy atom. The van der Waals surface area contributed by atoms with Crippen LogP contribution < -0.4 is 5.32 Å². The number of benzene rings is 3. The molecule has 1 heterocycles. The molecule has 4 nitrogen and oxygen atoms in total. The number of hydrogen-bond donors (Lipinski definition) is 2. The van der Waals surface area contributed by atoms with Gasteiger partial charge in [-0.25, -0.2) is 0 Å². The molecule has 4 aromatic rings. The second kappa shape index (κ2) is 9.09. The summed E-state index contributed by atoms with van der Waals surface area (Å²) in [5.74, 6) is 0.348. The smallest absolute Gasteiger partial charge is 0.251 e. The number of H-pyrrole nitrogens is 1. The van der Waals surface area contributed by atoms with Crippen molar-refractivity contribution in [3.63, 3.8) is 0 Å². The molecule has 0 aliphatic carbocycles. The number of amides is 1. The predicted octanol–water partition coefficient (Wildman–Crippen LogP) is 4.61. The molecule has 0 saturated carbocycles. The standard InChI is InChI=1S/C25H24N2O2S/c1-30(29)17-18-8-7-11-20(14-18)25(28)27-15-22(19-9-3-2-4-10-19)23-16-26-24-13-6-5-12-21(23)24/h2-14,16,22,26H,15,17H2,1H3,(H,27,28). The van der Waals surface area contributed by atoms with Crippen molar-refractivity contribution in [2.45, 2.75) is 11.7 Å². The Kier molecular flexibility index (Phi) is 6.10. The number of hydrogen-bond acceptors (Lipinski definition) is 2. The molecule has 2 atom stereocenters. The molecule has 1 aromatic heterocycles. The fourth-order valence-corrected chi connectivity index (χ4v) is 4.46. The average molecular weight is 417 g/mol. The quantitative estimate of drug-likeness (QED) is 0.462. The van der Waals surface area contributed by atoms with Crippen LogP contribution in [0.5, 0.6) is 0 Å². The van der Waals surface area contributed by atoms with Gasteiger partial charge in [0.05, 0.1) is 0 Å². The van der Waals surface area contributed by atoms with E-state index in [4.69, 9.17) is 0 Å². The van der Waals surface area contributed by atoms with Crippen LogP contribution in [0.2, 0.25) is 0 Å². The van der Waals surface area contributed by atoms with Crippen molar-refractivity contribution in [2.75, 3.05) is 12.8 Å². The van der Waals surface area contributed by atoms with E-state index in [1.807, 2.05) is 54.7 Å². The normalized spacial score (nSPS) is 13.1. The molecule has 4 rings (SSSR count). The van der Waals surface area contributed by atoms with E-state index in [-0.39, 0.29) is 11.8 Å². The maximum atomic E-state index is 12.9. The SMILES string of the molecule is CS(=O)Cc1cccc(C(=O)NCC(c2ccccc2)c2c[nH]c3ccccc23)c1. The summed E-state index contributed by atoms with van der Waals surface area (Å²) in [6.45, 7) is 0.481. The topological polar surface area (TPSA) is 62.0 Å². The van der Waals surface area contributed by atoms with E-state index in [0.29, 0.717) is 17.9 Å². The number of carbonyl (C=O) groups excluding carboxylic acids is 1. The van der Waals surface area contributed by atoms with Gasteiger partial charge < -0.3 is 10.3 Å². The fraction of sp³-hybridized carbons (Fsp3) is 0.160. The van der Waals surface area contributed by atoms with E-state index >= 15 is 0 Å². The summed E-state index contributed by atoms with van der Waals surface area (Å²) >= 11 is 0. The zero-order valence-corrected chi connectivity index (χ0v) is 17.6. The minimum atomic E-state index is -0.943. The molecule has 3 aromatic carbocycles. The Bertz CT molecular complexity index is 1180. The summed E-state index contributed by atoms with van der Waals surface area (Å²) < 4.78 is 11.5. The zero-order chi connectivity index (χ0) is 20.9. The molecule has 2 N–H and O–H groups in total. The number of aromatic amines is 1. The number of nitrogens with one attached hydrogen (secondary N) is 2. The van der Waals surface area contributed by atoms with E-state index in [1.54, 1.807) is 12.3 Å². The molecule has 0 aliphatic rings. The molecule has 5 heteroatoms. The number of rotatable bonds is 7. The maximum absolute atomic E-state index is 12.9. The highest BCUT2D eigenvalue weighted by Gasteiger charge is 2.19. The summed E-state index contributed by atoms with van der Waals surface area (Å²) in [6.07, 6.45) is 3.70. The summed E-state index contributed by atoms with van der Waals surface area (Å²) in [4.78, 5) is 16.2. The Morgan fingerprint density at radius 3 is 2.57 bits per heavy atom. The van der Waals surface area contributed by atoms with Gasteiger partial charge in [-0.15, -0.1) is 0 Å². The van der Waals surface area contributed by atoms with Crippen molar-refractivity contribution in [1.82, 2.24) is 10.3 Å². The van der Waals surface area contributed by atoms with Gasteiger partial charge in [0.25, 0.3) is 5.91 Å². The molecule has 0 radical (unpaired) electrons. The third-order valence-electron chi connectivity index (χ3n) is 5.22.